The Bertz CT molecular complexity index is 563. The van der Waals surface area contributed by atoms with Crippen molar-refractivity contribution < 1.29 is 0 Å². The van der Waals surface area contributed by atoms with Gasteiger partial charge in [0.15, 0.2) is 0 Å². The lowest BCUT2D eigenvalue weighted by atomic mass is 9.96. The van der Waals surface area contributed by atoms with Crippen LogP contribution in [0.5, 0.6) is 0 Å². The summed E-state index contributed by atoms with van der Waals surface area (Å²) in [7, 11) is 2.04. The Balaban J connectivity index is 2.06. The summed E-state index contributed by atoms with van der Waals surface area (Å²) in [6.07, 6.45) is 3.14. The molecule has 0 saturated heterocycles. The average Bonchev–Trinajstić information content (AvgIpc) is 2.78. The first-order valence-corrected chi connectivity index (χ1v) is 8.86. The maximum Gasteiger partial charge on any atom is 0.0624 e. The van der Waals surface area contributed by atoms with Gasteiger partial charge in [0.2, 0.25) is 0 Å². The summed E-state index contributed by atoms with van der Waals surface area (Å²) in [6, 6.07) is 10.8. The van der Waals surface area contributed by atoms with Crippen molar-refractivity contribution in [1.29, 1.82) is 0 Å². The lowest BCUT2D eigenvalue weighted by Crippen LogP contribution is -2.12. The van der Waals surface area contributed by atoms with Gasteiger partial charge in [0, 0.05) is 22.5 Å². The smallest absolute Gasteiger partial charge is 0.0624 e. The van der Waals surface area contributed by atoms with Crippen molar-refractivity contribution in [3.8, 4) is 0 Å². The van der Waals surface area contributed by atoms with E-state index >= 15 is 0 Å². The van der Waals surface area contributed by atoms with Crippen LogP contribution >= 0.6 is 31.9 Å². The molecule has 2 nitrogen and oxygen atoms in total. The highest BCUT2D eigenvalue weighted by Crippen LogP contribution is 2.20. The maximum atomic E-state index is 4.53. The highest BCUT2D eigenvalue weighted by Gasteiger charge is 2.13. The van der Waals surface area contributed by atoms with E-state index in [-0.39, 0.29) is 0 Å². The van der Waals surface area contributed by atoms with E-state index in [2.05, 4.69) is 74.2 Å². The van der Waals surface area contributed by atoms with Gasteiger partial charge in [-0.2, -0.15) is 5.10 Å². The van der Waals surface area contributed by atoms with Gasteiger partial charge in [-0.3, -0.25) is 4.68 Å². The van der Waals surface area contributed by atoms with Crippen molar-refractivity contribution in [2.75, 3.05) is 5.33 Å². The van der Waals surface area contributed by atoms with Crippen LogP contribution in [-0.4, -0.2) is 15.1 Å². The van der Waals surface area contributed by atoms with Crippen LogP contribution in [0.4, 0.5) is 0 Å². The van der Waals surface area contributed by atoms with Crippen LogP contribution in [0, 0.1) is 5.92 Å². The Labute approximate surface area is 137 Å². The molecule has 20 heavy (non-hydrogen) atoms. The number of nitrogens with zero attached hydrogens (tertiary/aromatic N) is 2. The summed E-state index contributed by atoms with van der Waals surface area (Å²) < 4.78 is 3.17. The molecule has 1 unspecified atom stereocenters. The fourth-order valence-electron chi connectivity index (χ4n) is 2.41. The van der Waals surface area contributed by atoms with Crippen LogP contribution in [0.15, 0.2) is 34.8 Å². The van der Waals surface area contributed by atoms with Gasteiger partial charge in [-0.15, -0.1) is 0 Å². The van der Waals surface area contributed by atoms with Gasteiger partial charge in [0.1, 0.15) is 0 Å². The molecule has 0 aliphatic carbocycles. The Kier molecular flexibility index (Phi) is 5.85. The van der Waals surface area contributed by atoms with E-state index in [9.17, 15) is 0 Å². The minimum absolute atomic E-state index is 0.587. The molecule has 0 radical (unpaired) electrons. The van der Waals surface area contributed by atoms with Crippen LogP contribution in [0.3, 0.4) is 0 Å². The van der Waals surface area contributed by atoms with Crippen LogP contribution in [0.25, 0.3) is 0 Å². The predicted octanol–water partition coefficient (Wildman–Crippen LogP) is 4.54. The molecular formula is C16H20Br2N2. The zero-order chi connectivity index (χ0) is 14.5. The third kappa shape index (κ3) is 4.19. The molecule has 108 valence electrons. The molecule has 0 N–H and O–H groups in total. The number of alkyl halides is 1. The number of hydrogen-bond acceptors (Lipinski definition) is 1. The highest BCUT2D eigenvalue weighted by atomic mass is 79.9. The first-order chi connectivity index (χ1) is 9.62. The van der Waals surface area contributed by atoms with Gasteiger partial charge < -0.3 is 0 Å². The molecule has 1 atom stereocenters. The second kappa shape index (κ2) is 7.41. The number of halogens is 2. The van der Waals surface area contributed by atoms with Gasteiger partial charge in [-0.1, -0.05) is 50.9 Å². The number of aryl methyl sites for hydroxylation is 2. The lowest BCUT2D eigenvalue weighted by Gasteiger charge is -2.14. The van der Waals surface area contributed by atoms with Crippen molar-refractivity contribution >= 4 is 31.9 Å². The molecule has 0 aliphatic heterocycles. The molecule has 0 bridgehead atoms. The third-order valence-electron chi connectivity index (χ3n) is 3.52. The van der Waals surface area contributed by atoms with Crippen LogP contribution in [0.2, 0.25) is 0 Å². The summed E-state index contributed by atoms with van der Waals surface area (Å²) in [5, 5.41) is 5.54. The van der Waals surface area contributed by atoms with Crippen molar-refractivity contribution in [3.05, 3.63) is 51.8 Å². The van der Waals surface area contributed by atoms with Gasteiger partial charge >= 0.3 is 0 Å². The van der Waals surface area contributed by atoms with Crippen molar-refractivity contribution in [3.63, 3.8) is 0 Å². The molecule has 2 rings (SSSR count). The van der Waals surface area contributed by atoms with Gasteiger partial charge in [0.25, 0.3) is 0 Å². The molecular weight excluding hydrogens is 380 g/mol. The summed E-state index contributed by atoms with van der Waals surface area (Å²) in [6.45, 7) is 2.15. The van der Waals surface area contributed by atoms with Crippen LogP contribution in [0.1, 0.15) is 23.9 Å². The number of rotatable bonds is 6. The molecule has 0 aliphatic rings. The van der Waals surface area contributed by atoms with E-state index in [1.165, 1.54) is 17.0 Å². The average molecular weight is 400 g/mol. The molecule has 4 heteroatoms. The van der Waals surface area contributed by atoms with Gasteiger partial charge in [0.05, 0.1) is 5.69 Å². The fourth-order valence-corrected chi connectivity index (χ4v) is 3.31. The lowest BCUT2D eigenvalue weighted by molar-refractivity contribution is 0.556. The van der Waals surface area contributed by atoms with E-state index in [4.69, 9.17) is 0 Å². The van der Waals surface area contributed by atoms with Gasteiger partial charge in [-0.05, 0) is 48.9 Å². The van der Waals surface area contributed by atoms with Crippen molar-refractivity contribution in [2.45, 2.75) is 26.2 Å². The minimum Gasteiger partial charge on any atom is -0.272 e. The van der Waals surface area contributed by atoms with Gasteiger partial charge in [-0.25, -0.2) is 0 Å². The molecule has 1 heterocycles. The van der Waals surface area contributed by atoms with Crippen molar-refractivity contribution in [2.24, 2.45) is 13.0 Å². The number of aromatic nitrogens is 2. The summed E-state index contributed by atoms with van der Waals surface area (Å²) in [5.74, 6) is 0.587. The molecule has 2 aromatic rings. The summed E-state index contributed by atoms with van der Waals surface area (Å²) in [5.41, 5.74) is 3.88. The monoisotopic (exact) mass is 398 g/mol. The number of benzene rings is 1. The summed E-state index contributed by atoms with van der Waals surface area (Å²) in [4.78, 5) is 0. The van der Waals surface area contributed by atoms with Crippen LogP contribution in [-0.2, 0) is 26.3 Å². The first-order valence-electron chi connectivity index (χ1n) is 6.94. The zero-order valence-corrected chi connectivity index (χ0v) is 15.1. The predicted molar refractivity (Wildman–Crippen MR) is 91.4 cm³/mol. The zero-order valence-electron chi connectivity index (χ0n) is 11.9. The number of hydrogen-bond donors (Lipinski definition) is 0. The van der Waals surface area contributed by atoms with E-state index in [1.54, 1.807) is 0 Å². The van der Waals surface area contributed by atoms with Crippen molar-refractivity contribution in [1.82, 2.24) is 9.78 Å². The summed E-state index contributed by atoms with van der Waals surface area (Å²) >= 11 is 7.20. The standard InChI is InChI=1S/C16H20Br2N2/c1-3-15-10-16(20(2)19-15)9-13(11-17)7-12-5-4-6-14(18)8-12/h4-6,8,10,13H,3,7,9,11H2,1-2H3. The minimum atomic E-state index is 0.587. The Morgan fingerprint density at radius 3 is 2.65 bits per heavy atom. The third-order valence-corrected chi connectivity index (χ3v) is 4.93. The molecule has 0 saturated carbocycles. The van der Waals surface area contributed by atoms with E-state index < -0.39 is 0 Å². The Morgan fingerprint density at radius 1 is 1.25 bits per heavy atom. The Morgan fingerprint density at radius 2 is 2.05 bits per heavy atom. The van der Waals surface area contributed by atoms with Crippen LogP contribution < -0.4 is 0 Å². The molecule has 0 fully saturated rings. The van der Waals surface area contributed by atoms with E-state index in [0.29, 0.717) is 5.92 Å². The molecule has 0 amide bonds. The second-order valence-electron chi connectivity index (χ2n) is 5.16. The quantitative estimate of drug-likeness (QED) is 0.652. The van der Waals surface area contributed by atoms with E-state index in [0.717, 1.165) is 29.1 Å². The first kappa shape index (κ1) is 15.8. The normalized spacial score (nSPS) is 12.6. The topological polar surface area (TPSA) is 17.8 Å². The SMILES string of the molecule is CCc1cc(CC(CBr)Cc2cccc(Br)c2)n(C)n1. The molecule has 1 aromatic carbocycles. The second-order valence-corrected chi connectivity index (χ2v) is 6.73. The molecule has 0 spiro atoms. The largest absolute Gasteiger partial charge is 0.272 e. The maximum absolute atomic E-state index is 4.53. The Hall–Kier alpha value is -0.610. The fraction of sp³-hybridized carbons (Fsp3) is 0.438. The molecule has 1 aromatic heterocycles. The van der Waals surface area contributed by atoms with E-state index in [1.807, 2.05) is 11.7 Å². The highest BCUT2D eigenvalue weighted by molar-refractivity contribution is 9.10.